The average Bonchev–Trinajstić information content (AvgIpc) is 2.53. The molecule has 0 saturated carbocycles. The molecule has 3 rings (SSSR count). The van der Waals surface area contributed by atoms with Gasteiger partial charge < -0.3 is 10.2 Å². The highest BCUT2D eigenvalue weighted by Gasteiger charge is 2.21. The molecule has 4 heteroatoms. The zero-order valence-corrected chi connectivity index (χ0v) is 13.4. The van der Waals surface area contributed by atoms with Crippen LogP contribution in [0.5, 0.6) is 0 Å². The summed E-state index contributed by atoms with van der Waals surface area (Å²) in [6.07, 6.45) is 2.05. The first-order chi connectivity index (χ1) is 10.6. The second-order valence-corrected chi connectivity index (χ2v) is 6.02. The van der Waals surface area contributed by atoms with Crippen LogP contribution in [0.2, 0.25) is 5.02 Å². The molecule has 0 aromatic heterocycles. The van der Waals surface area contributed by atoms with Crippen LogP contribution in [0.15, 0.2) is 42.5 Å². The summed E-state index contributed by atoms with van der Waals surface area (Å²) in [5.41, 5.74) is 4.18. The Morgan fingerprint density at radius 1 is 1.27 bits per heavy atom. The van der Waals surface area contributed by atoms with Gasteiger partial charge in [-0.1, -0.05) is 35.9 Å². The third kappa shape index (κ3) is 3.09. The van der Waals surface area contributed by atoms with Gasteiger partial charge in [-0.05, 0) is 49.1 Å². The number of hydrogen-bond acceptors (Lipinski definition) is 2. The van der Waals surface area contributed by atoms with Gasteiger partial charge in [0.25, 0.3) is 0 Å². The molecule has 1 aliphatic rings. The quantitative estimate of drug-likeness (QED) is 0.927. The van der Waals surface area contributed by atoms with Crippen molar-refractivity contribution >= 4 is 28.9 Å². The maximum absolute atomic E-state index is 12.5. The molecule has 0 unspecified atom stereocenters. The van der Waals surface area contributed by atoms with Gasteiger partial charge in [-0.15, -0.1) is 0 Å². The van der Waals surface area contributed by atoms with Gasteiger partial charge in [0, 0.05) is 12.2 Å². The highest BCUT2D eigenvalue weighted by molar-refractivity contribution is 6.33. The van der Waals surface area contributed by atoms with E-state index in [1.165, 1.54) is 5.56 Å². The molecule has 0 bridgehead atoms. The number of carbonyl (C=O) groups is 1. The van der Waals surface area contributed by atoms with E-state index in [1.807, 2.05) is 48.2 Å². The first-order valence-corrected chi connectivity index (χ1v) is 7.91. The Bertz CT molecular complexity index is 699. The number of aryl methyl sites for hydroxylation is 2. The first kappa shape index (κ1) is 14.9. The average molecular weight is 315 g/mol. The maximum atomic E-state index is 12.5. The summed E-state index contributed by atoms with van der Waals surface area (Å²) < 4.78 is 0. The lowest BCUT2D eigenvalue weighted by atomic mass is 10.0. The molecule has 0 saturated heterocycles. The van der Waals surface area contributed by atoms with Gasteiger partial charge in [0.2, 0.25) is 5.91 Å². The Labute approximate surface area is 135 Å². The van der Waals surface area contributed by atoms with E-state index in [0.717, 1.165) is 36.3 Å². The number of benzene rings is 2. The molecule has 2 aromatic rings. The summed E-state index contributed by atoms with van der Waals surface area (Å²) >= 11 is 6.19. The predicted molar refractivity (Wildman–Crippen MR) is 91.8 cm³/mol. The number of nitrogens with one attached hydrogen (secondary N) is 1. The molecule has 1 amide bonds. The van der Waals surface area contributed by atoms with Crippen molar-refractivity contribution in [3.05, 3.63) is 58.6 Å². The van der Waals surface area contributed by atoms with Gasteiger partial charge >= 0.3 is 0 Å². The Kier molecular flexibility index (Phi) is 4.34. The summed E-state index contributed by atoms with van der Waals surface area (Å²) in [5.74, 6) is 0.0730. The van der Waals surface area contributed by atoms with Crippen molar-refractivity contribution in [3.8, 4) is 0 Å². The van der Waals surface area contributed by atoms with E-state index >= 15 is 0 Å². The summed E-state index contributed by atoms with van der Waals surface area (Å²) in [6, 6.07) is 13.9. The lowest BCUT2D eigenvalue weighted by Crippen LogP contribution is -2.39. The number of nitrogens with zero attached hydrogens (tertiary/aromatic N) is 1. The second kappa shape index (κ2) is 6.41. The van der Waals surface area contributed by atoms with Crippen molar-refractivity contribution in [1.82, 2.24) is 0 Å². The molecule has 0 aliphatic carbocycles. The van der Waals surface area contributed by atoms with Crippen LogP contribution in [0.25, 0.3) is 0 Å². The highest BCUT2D eigenvalue weighted by atomic mass is 35.5. The zero-order chi connectivity index (χ0) is 15.5. The number of hydrogen-bond donors (Lipinski definition) is 1. The number of para-hydroxylation sites is 1. The molecule has 0 radical (unpaired) electrons. The number of halogens is 1. The summed E-state index contributed by atoms with van der Waals surface area (Å²) in [5, 5.41) is 3.79. The molecule has 1 aliphatic heterocycles. The topological polar surface area (TPSA) is 32.3 Å². The molecule has 1 N–H and O–H groups in total. The van der Waals surface area contributed by atoms with Crippen molar-refractivity contribution in [2.45, 2.75) is 19.8 Å². The molecule has 0 atom stereocenters. The summed E-state index contributed by atoms with van der Waals surface area (Å²) in [7, 11) is 0. The Morgan fingerprint density at radius 3 is 2.91 bits per heavy atom. The number of anilines is 2. The predicted octanol–water partition coefficient (Wildman–Crippen LogP) is 4.04. The molecule has 3 nitrogen and oxygen atoms in total. The summed E-state index contributed by atoms with van der Waals surface area (Å²) in [4.78, 5) is 14.4. The number of rotatable bonds is 3. The molecule has 0 fully saturated rings. The fourth-order valence-corrected chi connectivity index (χ4v) is 3.12. The monoisotopic (exact) mass is 314 g/mol. The van der Waals surface area contributed by atoms with Crippen LogP contribution < -0.4 is 10.2 Å². The van der Waals surface area contributed by atoms with E-state index in [9.17, 15) is 4.79 Å². The number of amides is 1. The van der Waals surface area contributed by atoms with Gasteiger partial charge in [-0.2, -0.15) is 0 Å². The van der Waals surface area contributed by atoms with Crippen LogP contribution in [0.4, 0.5) is 11.4 Å². The lowest BCUT2D eigenvalue weighted by molar-refractivity contribution is -0.117. The SMILES string of the molecule is Cc1ccc(NCC(=O)N2CCCc3ccccc32)c(Cl)c1. The zero-order valence-electron chi connectivity index (χ0n) is 12.6. The van der Waals surface area contributed by atoms with Gasteiger partial charge in [0.05, 0.1) is 17.3 Å². The normalized spacial score (nSPS) is 13.6. The fourth-order valence-electron chi connectivity index (χ4n) is 2.82. The van der Waals surface area contributed by atoms with Gasteiger partial charge in [-0.25, -0.2) is 0 Å². The molecule has 22 heavy (non-hydrogen) atoms. The molecular weight excluding hydrogens is 296 g/mol. The van der Waals surface area contributed by atoms with E-state index in [1.54, 1.807) is 0 Å². The van der Waals surface area contributed by atoms with Gasteiger partial charge in [-0.3, -0.25) is 4.79 Å². The second-order valence-electron chi connectivity index (χ2n) is 5.61. The van der Waals surface area contributed by atoms with Crippen LogP contribution in [0, 0.1) is 6.92 Å². The van der Waals surface area contributed by atoms with E-state index in [-0.39, 0.29) is 12.5 Å². The van der Waals surface area contributed by atoms with E-state index in [4.69, 9.17) is 11.6 Å². The van der Waals surface area contributed by atoms with Crippen molar-refractivity contribution < 1.29 is 4.79 Å². The Hall–Kier alpha value is -2.00. The molecule has 114 valence electrons. The van der Waals surface area contributed by atoms with E-state index in [2.05, 4.69) is 11.4 Å². The van der Waals surface area contributed by atoms with Crippen molar-refractivity contribution in [1.29, 1.82) is 0 Å². The van der Waals surface area contributed by atoms with Crippen molar-refractivity contribution in [3.63, 3.8) is 0 Å². The smallest absolute Gasteiger partial charge is 0.246 e. The van der Waals surface area contributed by atoms with Gasteiger partial charge in [0.15, 0.2) is 0 Å². The number of fused-ring (bicyclic) bond motifs is 1. The molecule has 1 heterocycles. The third-order valence-corrected chi connectivity index (χ3v) is 4.28. The van der Waals surface area contributed by atoms with Crippen LogP contribution in [-0.2, 0) is 11.2 Å². The summed E-state index contributed by atoms with van der Waals surface area (Å²) in [6.45, 7) is 3.02. The van der Waals surface area contributed by atoms with E-state index < -0.39 is 0 Å². The Morgan fingerprint density at radius 2 is 2.09 bits per heavy atom. The minimum Gasteiger partial charge on any atom is -0.375 e. The van der Waals surface area contributed by atoms with E-state index in [0.29, 0.717) is 5.02 Å². The van der Waals surface area contributed by atoms with Crippen LogP contribution >= 0.6 is 11.6 Å². The van der Waals surface area contributed by atoms with Gasteiger partial charge in [0.1, 0.15) is 0 Å². The molecular formula is C18H19ClN2O. The number of carbonyl (C=O) groups excluding carboxylic acids is 1. The van der Waals surface area contributed by atoms with Crippen molar-refractivity contribution in [2.75, 3.05) is 23.3 Å². The third-order valence-electron chi connectivity index (χ3n) is 3.97. The highest BCUT2D eigenvalue weighted by Crippen LogP contribution is 2.27. The largest absolute Gasteiger partial charge is 0.375 e. The minimum absolute atomic E-state index is 0.0730. The van der Waals surface area contributed by atoms with Crippen LogP contribution in [0.1, 0.15) is 17.5 Å². The minimum atomic E-state index is 0.0730. The molecule has 0 spiro atoms. The lowest BCUT2D eigenvalue weighted by Gasteiger charge is -2.29. The van der Waals surface area contributed by atoms with Crippen molar-refractivity contribution in [2.24, 2.45) is 0 Å². The fraction of sp³-hybridized carbons (Fsp3) is 0.278. The van der Waals surface area contributed by atoms with Crippen LogP contribution in [0.3, 0.4) is 0 Å². The maximum Gasteiger partial charge on any atom is 0.246 e. The van der Waals surface area contributed by atoms with Crippen LogP contribution in [-0.4, -0.2) is 19.0 Å². The molecule has 2 aromatic carbocycles. The first-order valence-electron chi connectivity index (χ1n) is 7.53. The Balaban J connectivity index is 1.70. The standard InChI is InChI=1S/C18H19ClN2O/c1-13-8-9-16(15(19)11-13)20-12-18(22)21-10-4-6-14-5-2-3-7-17(14)21/h2-3,5,7-9,11,20H,4,6,10,12H2,1H3.